The molecule has 3 heterocycles. The average Bonchev–Trinajstić information content (AvgIpc) is 3.17. The molecule has 10 heteroatoms. The molecule has 1 aromatic carbocycles. The summed E-state index contributed by atoms with van der Waals surface area (Å²) in [6, 6.07) is 2.21. The number of hydrogen-bond acceptors (Lipinski definition) is 6. The van der Waals surface area contributed by atoms with Gasteiger partial charge in [-0.25, -0.2) is 18.7 Å². The molecule has 0 spiro atoms. The van der Waals surface area contributed by atoms with E-state index in [1.165, 1.54) is 13.4 Å². The highest BCUT2D eigenvalue weighted by molar-refractivity contribution is 5.92. The second-order valence-corrected chi connectivity index (χ2v) is 6.94. The first-order chi connectivity index (χ1) is 14.1. The Hall–Kier alpha value is -3.14. The maximum atomic E-state index is 13.8. The van der Waals surface area contributed by atoms with Gasteiger partial charge in [0.15, 0.2) is 11.6 Å². The van der Waals surface area contributed by atoms with Gasteiger partial charge in [0.1, 0.15) is 18.8 Å². The molecule has 0 bridgehead atoms. The van der Waals surface area contributed by atoms with Crippen LogP contribution in [0.5, 0.6) is 0 Å². The zero-order valence-electron chi connectivity index (χ0n) is 15.8. The average molecular weight is 402 g/mol. The van der Waals surface area contributed by atoms with Crippen molar-refractivity contribution >= 4 is 28.3 Å². The van der Waals surface area contributed by atoms with Crippen molar-refractivity contribution in [3.05, 3.63) is 42.0 Å². The fraction of sp³-hybridized carbons (Fsp3) is 0.368. The smallest absolute Gasteiger partial charge is 0.250 e. The Kier molecular flexibility index (Phi) is 5.34. The number of methoxy groups -OCH3 is 1. The van der Waals surface area contributed by atoms with Crippen molar-refractivity contribution in [1.29, 1.82) is 0 Å². The summed E-state index contributed by atoms with van der Waals surface area (Å²) in [7, 11) is 1.45. The van der Waals surface area contributed by atoms with Gasteiger partial charge in [-0.05, 0) is 18.9 Å². The van der Waals surface area contributed by atoms with E-state index in [4.69, 9.17) is 4.74 Å². The van der Waals surface area contributed by atoms with E-state index in [9.17, 15) is 13.6 Å². The minimum atomic E-state index is -0.937. The van der Waals surface area contributed by atoms with Crippen LogP contribution >= 0.6 is 0 Å². The highest BCUT2D eigenvalue weighted by Gasteiger charge is 2.27. The summed E-state index contributed by atoms with van der Waals surface area (Å²) in [6.07, 6.45) is 4.67. The SMILES string of the molecule is COCC(=O)Nc1cn[nH]c1C1CCCN(c2ncnc3cc(F)c(F)cc23)C1. The van der Waals surface area contributed by atoms with Gasteiger partial charge in [-0.1, -0.05) is 0 Å². The number of carbonyl (C=O) groups is 1. The van der Waals surface area contributed by atoms with E-state index in [-0.39, 0.29) is 18.4 Å². The van der Waals surface area contributed by atoms with E-state index < -0.39 is 11.6 Å². The second kappa shape index (κ2) is 8.08. The molecule has 1 saturated heterocycles. The number of fused-ring (bicyclic) bond motifs is 1. The molecule has 0 aliphatic carbocycles. The molecule has 1 aliphatic rings. The molecule has 1 amide bonds. The third-order valence-corrected chi connectivity index (χ3v) is 5.00. The first-order valence-corrected chi connectivity index (χ1v) is 9.23. The molecule has 2 aromatic heterocycles. The molecular weight excluding hydrogens is 382 g/mol. The van der Waals surface area contributed by atoms with Crippen LogP contribution in [0.15, 0.2) is 24.7 Å². The summed E-state index contributed by atoms with van der Waals surface area (Å²) in [5, 5.41) is 10.3. The summed E-state index contributed by atoms with van der Waals surface area (Å²) in [4.78, 5) is 22.3. The highest BCUT2D eigenvalue weighted by Crippen LogP contribution is 2.34. The van der Waals surface area contributed by atoms with Crippen molar-refractivity contribution in [2.45, 2.75) is 18.8 Å². The maximum Gasteiger partial charge on any atom is 0.250 e. The highest BCUT2D eigenvalue weighted by atomic mass is 19.2. The lowest BCUT2D eigenvalue weighted by Crippen LogP contribution is -2.35. The van der Waals surface area contributed by atoms with Crippen molar-refractivity contribution < 1.29 is 18.3 Å². The van der Waals surface area contributed by atoms with Crippen LogP contribution in [0.4, 0.5) is 20.3 Å². The number of rotatable bonds is 5. The van der Waals surface area contributed by atoms with Gasteiger partial charge in [0.2, 0.25) is 5.91 Å². The number of nitrogens with one attached hydrogen (secondary N) is 2. The molecule has 0 radical (unpaired) electrons. The third-order valence-electron chi connectivity index (χ3n) is 5.00. The Labute approximate surface area is 165 Å². The summed E-state index contributed by atoms with van der Waals surface area (Å²) < 4.78 is 32.2. The van der Waals surface area contributed by atoms with E-state index in [1.807, 2.05) is 4.90 Å². The molecule has 1 aliphatic heterocycles. The first kappa shape index (κ1) is 19.2. The number of benzene rings is 1. The van der Waals surface area contributed by atoms with Crippen LogP contribution in [-0.2, 0) is 9.53 Å². The number of hydrogen-bond donors (Lipinski definition) is 2. The number of carbonyl (C=O) groups excluding carboxylic acids is 1. The normalized spacial score (nSPS) is 16.9. The number of aromatic nitrogens is 4. The number of anilines is 2. The standard InChI is InChI=1S/C19H20F2N6O2/c1-29-9-17(28)25-16-7-24-26-18(16)11-3-2-4-27(8-11)19-12-5-13(20)14(21)6-15(12)22-10-23-19/h5-7,10-11H,2-4,8-9H2,1H3,(H,24,26)(H,25,28). The zero-order valence-corrected chi connectivity index (χ0v) is 15.8. The van der Waals surface area contributed by atoms with Gasteiger partial charge >= 0.3 is 0 Å². The Morgan fingerprint density at radius 2 is 2.17 bits per heavy atom. The molecule has 8 nitrogen and oxygen atoms in total. The molecule has 2 N–H and O–H groups in total. The summed E-state index contributed by atoms with van der Waals surface area (Å²) in [5.41, 5.74) is 1.78. The van der Waals surface area contributed by atoms with Crippen LogP contribution in [0, 0.1) is 11.6 Å². The third kappa shape index (κ3) is 3.88. The Balaban J connectivity index is 1.60. The van der Waals surface area contributed by atoms with Gasteiger partial charge in [-0.2, -0.15) is 5.10 Å². The van der Waals surface area contributed by atoms with E-state index >= 15 is 0 Å². The summed E-state index contributed by atoms with van der Waals surface area (Å²) in [5.74, 6) is -1.52. The Morgan fingerprint density at radius 3 is 3.00 bits per heavy atom. The van der Waals surface area contributed by atoms with Crippen molar-refractivity contribution in [2.75, 3.05) is 37.0 Å². The minimum Gasteiger partial charge on any atom is -0.375 e. The molecule has 0 saturated carbocycles. The topological polar surface area (TPSA) is 96.0 Å². The van der Waals surface area contributed by atoms with Gasteiger partial charge in [0.05, 0.1) is 23.1 Å². The van der Waals surface area contributed by atoms with Crippen LogP contribution in [0.1, 0.15) is 24.5 Å². The quantitative estimate of drug-likeness (QED) is 0.681. The van der Waals surface area contributed by atoms with Crippen LogP contribution in [0.25, 0.3) is 10.9 Å². The van der Waals surface area contributed by atoms with Gasteiger partial charge < -0.3 is 15.0 Å². The molecule has 4 rings (SSSR count). The number of H-pyrrole nitrogens is 1. The van der Waals surface area contributed by atoms with Gasteiger partial charge in [-0.15, -0.1) is 0 Å². The van der Waals surface area contributed by atoms with E-state index in [1.54, 1.807) is 6.20 Å². The number of aromatic amines is 1. The van der Waals surface area contributed by atoms with E-state index in [0.29, 0.717) is 29.0 Å². The van der Waals surface area contributed by atoms with Gasteiger partial charge in [0.25, 0.3) is 0 Å². The second-order valence-electron chi connectivity index (χ2n) is 6.94. The lowest BCUT2D eigenvalue weighted by atomic mass is 9.93. The monoisotopic (exact) mass is 402 g/mol. The van der Waals surface area contributed by atoms with Crippen LogP contribution < -0.4 is 10.2 Å². The lowest BCUT2D eigenvalue weighted by molar-refractivity contribution is -0.119. The molecule has 3 aromatic rings. The molecular formula is C19H20F2N6O2. The van der Waals surface area contributed by atoms with Crippen LogP contribution in [0.2, 0.25) is 0 Å². The molecule has 152 valence electrons. The number of amides is 1. The van der Waals surface area contributed by atoms with Crippen molar-refractivity contribution in [3.63, 3.8) is 0 Å². The summed E-state index contributed by atoms with van der Waals surface area (Å²) in [6.45, 7) is 1.26. The van der Waals surface area contributed by atoms with Crippen molar-refractivity contribution in [3.8, 4) is 0 Å². The Bertz CT molecular complexity index is 1040. The van der Waals surface area contributed by atoms with Crippen molar-refractivity contribution in [1.82, 2.24) is 20.2 Å². The molecule has 1 unspecified atom stereocenters. The maximum absolute atomic E-state index is 13.8. The Morgan fingerprint density at radius 1 is 1.34 bits per heavy atom. The number of ether oxygens (including phenoxy) is 1. The fourth-order valence-electron chi connectivity index (χ4n) is 3.72. The van der Waals surface area contributed by atoms with Crippen molar-refractivity contribution in [2.24, 2.45) is 0 Å². The summed E-state index contributed by atoms with van der Waals surface area (Å²) >= 11 is 0. The number of piperidine rings is 1. The lowest BCUT2D eigenvalue weighted by Gasteiger charge is -2.34. The van der Waals surface area contributed by atoms with Crippen LogP contribution in [0.3, 0.4) is 0 Å². The predicted octanol–water partition coefficient (Wildman–Crippen LogP) is 2.60. The fourth-order valence-corrected chi connectivity index (χ4v) is 3.72. The van der Waals surface area contributed by atoms with E-state index in [2.05, 4.69) is 25.5 Å². The van der Waals surface area contributed by atoms with Crippen LogP contribution in [-0.4, -0.2) is 52.9 Å². The molecule has 1 fully saturated rings. The molecule has 29 heavy (non-hydrogen) atoms. The largest absolute Gasteiger partial charge is 0.375 e. The molecule has 1 atom stereocenters. The van der Waals surface area contributed by atoms with Gasteiger partial charge in [0, 0.05) is 37.6 Å². The predicted molar refractivity (Wildman–Crippen MR) is 103 cm³/mol. The number of halogens is 2. The number of nitrogens with zero attached hydrogens (tertiary/aromatic N) is 4. The van der Waals surface area contributed by atoms with Gasteiger partial charge in [-0.3, -0.25) is 9.89 Å². The first-order valence-electron chi connectivity index (χ1n) is 9.23. The van der Waals surface area contributed by atoms with E-state index in [0.717, 1.165) is 37.2 Å². The zero-order chi connectivity index (χ0) is 20.4. The minimum absolute atomic E-state index is 0.0452.